The second-order valence-corrected chi connectivity index (χ2v) is 4.27. The first-order valence-corrected chi connectivity index (χ1v) is 5.55. The van der Waals surface area contributed by atoms with Crippen LogP contribution in [0.15, 0.2) is 30.3 Å². The molecule has 92 valence electrons. The standard InChI is InChI=1S/C15H12F2O/c1-9-5-13(16)6-10(2)15(9)11-3-4-12(8-18)14(17)7-11/h3-8H,1-2H3. The van der Waals surface area contributed by atoms with Crippen LogP contribution in [0.1, 0.15) is 21.5 Å². The predicted molar refractivity (Wildman–Crippen MR) is 66.7 cm³/mol. The van der Waals surface area contributed by atoms with E-state index in [4.69, 9.17) is 0 Å². The molecule has 0 heterocycles. The highest BCUT2D eigenvalue weighted by molar-refractivity contribution is 5.78. The van der Waals surface area contributed by atoms with Gasteiger partial charge >= 0.3 is 0 Å². The fourth-order valence-electron chi connectivity index (χ4n) is 2.14. The van der Waals surface area contributed by atoms with Gasteiger partial charge in [0.1, 0.15) is 11.6 Å². The Kier molecular flexibility index (Phi) is 3.24. The third-order valence-electron chi connectivity index (χ3n) is 2.91. The third-order valence-corrected chi connectivity index (χ3v) is 2.91. The van der Waals surface area contributed by atoms with Crippen molar-refractivity contribution in [2.45, 2.75) is 13.8 Å². The highest BCUT2D eigenvalue weighted by Gasteiger charge is 2.10. The molecular weight excluding hydrogens is 234 g/mol. The van der Waals surface area contributed by atoms with Gasteiger partial charge in [-0.1, -0.05) is 6.07 Å². The maximum absolute atomic E-state index is 13.6. The fraction of sp³-hybridized carbons (Fsp3) is 0.133. The van der Waals surface area contributed by atoms with Crippen LogP contribution in [0.5, 0.6) is 0 Å². The van der Waals surface area contributed by atoms with Gasteiger partial charge in [-0.2, -0.15) is 0 Å². The van der Waals surface area contributed by atoms with Gasteiger partial charge in [0.05, 0.1) is 5.56 Å². The molecule has 0 aliphatic rings. The number of rotatable bonds is 2. The average molecular weight is 246 g/mol. The lowest BCUT2D eigenvalue weighted by Gasteiger charge is -2.11. The number of aryl methyl sites for hydroxylation is 2. The number of benzene rings is 2. The summed E-state index contributed by atoms with van der Waals surface area (Å²) in [6.07, 6.45) is 0.476. The summed E-state index contributed by atoms with van der Waals surface area (Å²) in [7, 11) is 0. The summed E-state index contributed by atoms with van der Waals surface area (Å²) in [5.74, 6) is -0.871. The topological polar surface area (TPSA) is 17.1 Å². The summed E-state index contributed by atoms with van der Waals surface area (Å²) in [6, 6.07) is 7.22. The maximum atomic E-state index is 13.6. The number of carbonyl (C=O) groups is 1. The van der Waals surface area contributed by atoms with Crippen LogP contribution in [0.25, 0.3) is 11.1 Å². The lowest BCUT2D eigenvalue weighted by Crippen LogP contribution is -1.93. The molecule has 0 saturated carbocycles. The summed E-state index contributed by atoms with van der Waals surface area (Å²) < 4.78 is 26.8. The van der Waals surface area contributed by atoms with Crippen LogP contribution in [-0.2, 0) is 0 Å². The number of halogens is 2. The minimum Gasteiger partial charge on any atom is -0.298 e. The Hall–Kier alpha value is -2.03. The summed E-state index contributed by atoms with van der Waals surface area (Å²) >= 11 is 0. The van der Waals surface area contributed by atoms with E-state index in [1.54, 1.807) is 19.9 Å². The van der Waals surface area contributed by atoms with Crippen molar-refractivity contribution in [3.05, 3.63) is 58.7 Å². The molecule has 0 fully saturated rings. The number of hydrogen-bond donors (Lipinski definition) is 0. The van der Waals surface area contributed by atoms with Crippen molar-refractivity contribution < 1.29 is 13.6 Å². The Balaban J connectivity index is 2.62. The first-order chi connectivity index (χ1) is 8.52. The molecular formula is C15H12F2O. The lowest BCUT2D eigenvalue weighted by atomic mass is 9.95. The van der Waals surface area contributed by atoms with Crippen LogP contribution in [0.3, 0.4) is 0 Å². The van der Waals surface area contributed by atoms with Gasteiger partial charge in [0.15, 0.2) is 6.29 Å². The smallest absolute Gasteiger partial charge is 0.152 e. The number of aldehydes is 1. The molecule has 0 spiro atoms. The quantitative estimate of drug-likeness (QED) is 0.730. The maximum Gasteiger partial charge on any atom is 0.152 e. The molecule has 0 N–H and O–H groups in total. The number of hydrogen-bond acceptors (Lipinski definition) is 1. The van der Waals surface area contributed by atoms with Gasteiger partial charge in [0.2, 0.25) is 0 Å². The van der Waals surface area contributed by atoms with E-state index in [1.165, 1.54) is 24.3 Å². The van der Waals surface area contributed by atoms with Crippen molar-refractivity contribution in [1.29, 1.82) is 0 Å². The zero-order chi connectivity index (χ0) is 13.3. The Morgan fingerprint density at radius 3 is 2.11 bits per heavy atom. The molecule has 1 nitrogen and oxygen atoms in total. The molecule has 0 saturated heterocycles. The van der Waals surface area contributed by atoms with Gasteiger partial charge in [-0.15, -0.1) is 0 Å². The van der Waals surface area contributed by atoms with E-state index < -0.39 is 5.82 Å². The van der Waals surface area contributed by atoms with Gasteiger partial charge < -0.3 is 0 Å². The SMILES string of the molecule is Cc1cc(F)cc(C)c1-c1ccc(C=O)c(F)c1. The zero-order valence-electron chi connectivity index (χ0n) is 10.1. The van der Waals surface area contributed by atoms with Crippen LogP contribution < -0.4 is 0 Å². The highest BCUT2D eigenvalue weighted by Crippen LogP contribution is 2.29. The van der Waals surface area contributed by atoms with Crippen LogP contribution in [0, 0.1) is 25.5 Å². The van der Waals surface area contributed by atoms with E-state index in [-0.39, 0.29) is 11.4 Å². The van der Waals surface area contributed by atoms with Gasteiger partial charge in [-0.3, -0.25) is 4.79 Å². The summed E-state index contributed by atoms with van der Waals surface area (Å²) in [4.78, 5) is 10.6. The van der Waals surface area contributed by atoms with Gasteiger partial charge in [-0.05, 0) is 60.4 Å². The van der Waals surface area contributed by atoms with Crippen LogP contribution in [0.2, 0.25) is 0 Å². The minimum absolute atomic E-state index is 0.0242. The van der Waals surface area contributed by atoms with Crippen molar-refractivity contribution in [3.8, 4) is 11.1 Å². The molecule has 0 aliphatic heterocycles. The molecule has 0 atom stereocenters. The molecule has 2 rings (SSSR count). The third kappa shape index (κ3) is 2.16. The average Bonchev–Trinajstić information content (AvgIpc) is 2.27. The summed E-state index contributed by atoms with van der Waals surface area (Å²) in [6.45, 7) is 3.55. The monoisotopic (exact) mass is 246 g/mol. The molecule has 2 aromatic carbocycles. The Morgan fingerprint density at radius 2 is 1.61 bits per heavy atom. The first-order valence-electron chi connectivity index (χ1n) is 5.55. The van der Waals surface area contributed by atoms with E-state index in [0.717, 1.165) is 16.7 Å². The van der Waals surface area contributed by atoms with Crippen LogP contribution in [0.4, 0.5) is 8.78 Å². The molecule has 2 aromatic rings. The van der Waals surface area contributed by atoms with E-state index in [2.05, 4.69) is 0 Å². The van der Waals surface area contributed by atoms with Crippen molar-refractivity contribution in [3.63, 3.8) is 0 Å². The highest BCUT2D eigenvalue weighted by atomic mass is 19.1. The predicted octanol–water partition coefficient (Wildman–Crippen LogP) is 4.06. The van der Waals surface area contributed by atoms with Crippen LogP contribution in [-0.4, -0.2) is 6.29 Å². The fourth-order valence-corrected chi connectivity index (χ4v) is 2.14. The second kappa shape index (κ2) is 4.69. The van der Waals surface area contributed by atoms with Crippen molar-refractivity contribution in [1.82, 2.24) is 0 Å². The van der Waals surface area contributed by atoms with Gasteiger partial charge in [0.25, 0.3) is 0 Å². The summed E-state index contributed by atoms with van der Waals surface area (Å²) in [5, 5.41) is 0. The normalized spacial score (nSPS) is 10.4. The van der Waals surface area contributed by atoms with E-state index >= 15 is 0 Å². The molecule has 3 heteroatoms. The Bertz CT molecular complexity index is 595. The number of carbonyl (C=O) groups excluding carboxylic acids is 1. The Labute approximate surface area is 104 Å². The van der Waals surface area contributed by atoms with E-state index in [9.17, 15) is 13.6 Å². The van der Waals surface area contributed by atoms with Crippen molar-refractivity contribution >= 4 is 6.29 Å². The molecule has 0 aromatic heterocycles. The Morgan fingerprint density at radius 1 is 1.00 bits per heavy atom. The van der Waals surface area contributed by atoms with Crippen LogP contribution >= 0.6 is 0 Å². The molecule has 0 bridgehead atoms. The second-order valence-electron chi connectivity index (χ2n) is 4.27. The van der Waals surface area contributed by atoms with Gasteiger partial charge in [0, 0.05) is 0 Å². The van der Waals surface area contributed by atoms with Gasteiger partial charge in [-0.25, -0.2) is 8.78 Å². The van der Waals surface area contributed by atoms with Crippen molar-refractivity contribution in [2.75, 3.05) is 0 Å². The minimum atomic E-state index is -0.564. The molecule has 18 heavy (non-hydrogen) atoms. The molecule has 0 radical (unpaired) electrons. The molecule has 0 unspecified atom stereocenters. The van der Waals surface area contributed by atoms with E-state index in [0.29, 0.717) is 11.8 Å². The van der Waals surface area contributed by atoms with Crippen molar-refractivity contribution in [2.24, 2.45) is 0 Å². The summed E-state index contributed by atoms with van der Waals surface area (Å²) in [5.41, 5.74) is 2.95. The zero-order valence-corrected chi connectivity index (χ0v) is 10.1. The largest absolute Gasteiger partial charge is 0.298 e. The lowest BCUT2D eigenvalue weighted by molar-refractivity contribution is 0.112. The molecule has 0 amide bonds. The molecule has 0 aliphatic carbocycles. The first kappa shape index (κ1) is 12.4. The van der Waals surface area contributed by atoms with E-state index in [1.807, 2.05) is 0 Å².